The van der Waals surface area contributed by atoms with E-state index in [0.29, 0.717) is 6.61 Å². The molecule has 0 spiro atoms. The highest BCUT2D eigenvalue weighted by Gasteiger charge is 2.34. The van der Waals surface area contributed by atoms with E-state index in [1.54, 1.807) is 0 Å². The van der Waals surface area contributed by atoms with Crippen LogP contribution in [0.5, 0.6) is 0 Å². The number of hydrogen-bond acceptors (Lipinski definition) is 7. The summed E-state index contributed by atoms with van der Waals surface area (Å²) in [7, 11) is 2.13. The zero-order valence-electron chi connectivity index (χ0n) is 13.2. The SMILES string of the molecule is CCOC(=O)C(C)(C)c1csc(NN2CCN(C)CC2)n1. The molecule has 1 aliphatic heterocycles. The quantitative estimate of drug-likeness (QED) is 0.833. The Balaban J connectivity index is 1.99. The minimum Gasteiger partial charge on any atom is -0.465 e. The van der Waals surface area contributed by atoms with Crippen molar-refractivity contribution in [2.45, 2.75) is 26.2 Å². The minimum atomic E-state index is -0.714. The third-order valence-electron chi connectivity index (χ3n) is 3.69. The second kappa shape index (κ2) is 6.72. The number of esters is 1. The molecule has 1 fully saturated rings. The van der Waals surface area contributed by atoms with Gasteiger partial charge in [0, 0.05) is 31.6 Å². The van der Waals surface area contributed by atoms with Crippen LogP contribution in [0.25, 0.3) is 0 Å². The number of carbonyl (C=O) groups excluding carboxylic acids is 1. The normalized spacial score (nSPS) is 17.7. The summed E-state index contributed by atoms with van der Waals surface area (Å²) in [6, 6.07) is 0. The highest BCUT2D eigenvalue weighted by molar-refractivity contribution is 7.13. The Labute approximate surface area is 130 Å². The van der Waals surface area contributed by atoms with Gasteiger partial charge in [0.25, 0.3) is 0 Å². The zero-order valence-corrected chi connectivity index (χ0v) is 14.0. The Morgan fingerprint density at radius 2 is 2.10 bits per heavy atom. The molecule has 0 bridgehead atoms. The number of rotatable bonds is 5. The number of nitrogens with zero attached hydrogens (tertiary/aromatic N) is 3. The van der Waals surface area contributed by atoms with Crippen LogP contribution < -0.4 is 5.43 Å². The van der Waals surface area contributed by atoms with Crippen molar-refractivity contribution in [2.75, 3.05) is 45.3 Å². The van der Waals surface area contributed by atoms with Gasteiger partial charge in [-0.25, -0.2) is 9.99 Å². The molecule has 1 aromatic rings. The first-order valence-electron chi connectivity index (χ1n) is 7.27. The zero-order chi connectivity index (χ0) is 15.5. The lowest BCUT2D eigenvalue weighted by molar-refractivity contribution is -0.148. The molecule has 6 nitrogen and oxygen atoms in total. The van der Waals surface area contributed by atoms with Gasteiger partial charge in [-0.05, 0) is 27.8 Å². The predicted molar refractivity (Wildman–Crippen MR) is 84.5 cm³/mol. The number of thiazole rings is 1. The number of nitrogens with one attached hydrogen (secondary N) is 1. The molecule has 2 heterocycles. The Kier molecular flexibility index (Phi) is 5.18. The molecule has 0 aliphatic carbocycles. The van der Waals surface area contributed by atoms with Crippen molar-refractivity contribution in [3.63, 3.8) is 0 Å². The number of hydrogen-bond donors (Lipinski definition) is 1. The fourth-order valence-electron chi connectivity index (χ4n) is 2.08. The highest BCUT2D eigenvalue weighted by Crippen LogP contribution is 2.28. The van der Waals surface area contributed by atoms with Crippen LogP contribution in [-0.2, 0) is 14.9 Å². The van der Waals surface area contributed by atoms with E-state index in [4.69, 9.17) is 4.74 Å². The van der Waals surface area contributed by atoms with Crippen LogP contribution in [0.15, 0.2) is 5.38 Å². The third kappa shape index (κ3) is 3.93. The first-order chi connectivity index (χ1) is 9.93. The Morgan fingerprint density at radius 3 is 2.71 bits per heavy atom. The van der Waals surface area contributed by atoms with E-state index >= 15 is 0 Å². The van der Waals surface area contributed by atoms with Gasteiger partial charge in [0.1, 0.15) is 5.41 Å². The number of likely N-dealkylation sites (N-methyl/N-ethyl adjacent to an activating group) is 1. The molecule has 7 heteroatoms. The van der Waals surface area contributed by atoms with Crippen molar-refractivity contribution in [1.82, 2.24) is 14.9 Å². The van der Waals surface area contributed by atoms with E-state index in [2.05, 4.69) is 27.4 Å². The highest BCUT2D eigenvalue weighted by atomic mass is 32.1. The average molecular weight is 312 g/mol. The van der Waals surface area contributed by atoms with Gasteiger partial charge in [-0.15, -0.1) is 11.3 Å². The minimum absolute atomic E-state index is 0.235. The largest absolute Gasteiger partial charge is 0.465 e. The number of carbonyl (C=O) groups is 1. The maximum absolute atomic E-state index is 12.0. The summed E-state index contributed by atoms with van der Waals surface area (Å²) in [5, 5.41) is 4.92. The molecular weight excluding hydrogens is 288 g/mol. The molecule has 118 valence electrons. The lowest BCUT2D eigenvalue weighted by Crippen LogP contribution is -2.46. The summed E-state index contributed by atoms with van der Waals surface area (Å²) in [5.74, 6) is -0.235. The van der Waals surface area contributed by atoms with Gasteiger partial charge in [-0.2, -0.15) is 0 Å². The Hall–Kier alpha value is -1.18. The fraction of sp³-hybridized carbons (Fsp3) is 0.714. The topological polar surface area (TPSA) is 57.7 Å². The van der Waals surface area contributed by atoms with E-state index in [1.807, 2.05) is 26.2 Å². The van der Waals surface area contributed by atoms with Gasteiger partial charge in [0.05, 0.1) is 12.3 Å². The van der Waals surface area contributed by atoms with Gasteiger partial charge >= 0.3 is 5.97 Å². The van der Waals surface area contributed by atoms with Crippen LogP contribution in [0.2, 0.25) is 0 Å². The molecule has 0 amide bonds. The first kappa shape index (κ1) is 16.2. The van der Waals surface area contributed by atoms with Crippen LogP contribution in [0.3, 0.4) is 0 Å². The van der Waals surface area contributed by atoms with E-state index in [9.17, 15) is 4.79 Å². The van der Waals surface area contributed by atoms with Gasteiger partial charge < -0.3 is 9.64 Å². The van der Waals surface area contributed by atoms with Crippen LogP contribution >= 0.6 is 11.3 Å². The monoisotopic (exact) mass is 312 g/mol. The first-order valence-corrected chi connectivity index (χ1v) is 8.15. The van der Waals surface area contributed by atoms with Gasteiger partial charge in [0.2, 0.25) is 0 Å². The van der Waals surface area contributed by atoms with E-state index in [0.717, 1.165) is 37.0 Å². The summed E-state index contributed by atoms with van der Waals surface area (Å²) in [6.07, 6.45) is 0. The molecule has 0 saturated carbocycles. The number of piperazine rings is 1. The van der Waals surface area contributed by atoms with E-state index < -0.39 is 5.41 Å². The summed E-state index contributed by atoms with van der Waals surface area (Å²) >= 11 is 1.52. The molecule has 0 atom stereocenters. The van der Waals surface area contributed by atoms with Crippen molar-refractivity contribution in [3.8, 4) is 0 Å². The second-order valence-electron chi connectivity index (χ2n) is 5.79. The van der Waals surface area contributed by atoms with Crippen LogP contribution in [0.4, 0.5) is 5.13 Å². The van der Waals surface area contributed by atoms with Crippen LogP contribution in [-0.4, -0.2) is 60.7 Å². The molecule has 1 N–H and O–H groups in total. The van der Waals surface area contributed by atoms with Crippen molar-refractivity contribution < 1.29 is 9.53 Å². The maximum Gasteiger partial charge on any atom is 0.317 e. The van der Waals surface area contributed by atoms with Crippen LogP contribution in [0.1, 0.15) is 26.5 Å². The molecule has 0 aromatic carbocycles. The molecule has 1 aliphatic rings. The molecule has 1 aromatic heterocycles. The molecule has 0 radical (unpaired) electrons. The average Bonchev–Trinajstić information content (AvgIpc) is 2.91. The van der Waals surface area contributed by atoms with Crippen molar-refractivity contribution in [1.29, 1.82) is 0 Å². The van der Waals surface area contributed by atoms with Crippen LogP contribution in [0, 0.1) is 0 Å². The Bertz CT molecular complexity index is 481. The van der Waals surface area contributed by atoms with E-state index in [-0.39, 0.29) is 5.97 Å². The van der Waals surface area contributed by atoms with Crippen molar-refractivity contribution in [2.24, 2.45) is 0 Å². The van der Waals surface area contributed by atoms with Crippen molar-refractivity contribution in [3.05, 3.63) is 11.1 Å². The molecule has 1 saturated heterocycles. The summed E-state index contributed by atoms with van der Waals surface area (Å²) in [4.78, 5) is 18.9. The molecule has 2 rings (SSSR count). The van der Waals surface area contributed by atoms with Gasteiger partial charge in [-0.1, -0.05) is 0 Å². The van der Waals surface area contributed by atoms with Gasteiger partial charge in [0.15, 0.2) is 5.13 Å². The smallest absolute Gasteiger partial charge is 0.317 e. The number of hydrazine groups is 1. The third-order valence-corrected chi connectivity index (χ3v) is 4.43. The second-order valence-corrected chi connectivity index (χ2v) is 6.64. The molecule has 21 heavy (non-hydrogen) atoms. The number of aromatic nitrogens is 1. The molecular formula is C14H24N4O2S. The summed E-state index contributed by atoms with van der Waals surface area (Å²) in [6.45, 7) is 9.91. The summed E-state index contributed by atoms with van der Waals surface area (Å²) < 4.78 is 5.12. The Morgan fingerprint density at radius 1 is 1.43 bits per heavy atom. The van der Waals surface area contributed by atoms with Crippen molar-refractivity contribution >= 4 is 22.4 Å². The standard InChI is InChI=1S/C14H24N4O2S/c1-5-20-12(19)14(2,3)11-10-21-13(15-11)16-18-8-6-17(4)7-9-18/h10H,5-9H2,1-4H3,(H,15,16). The maximum atomic E-state index is 12.0. The van der Waals surface area contributed by atoms with Gasteiger partial charge in [-0.3, -0.25) is 10.2 Å². The lowest BCUT2D eigenvalue weighted by atomic mass is 9.90. The number of anilines is 1. The number of ether oxygens (including phenoxy) is 1. The summed E-state index contributed by atoms with van der Waals surface area (Å²) in [5.41, 5.74) is 3.37. The molecule has 0 unspecified atom stereocenters. The fourth-order valence-corrected chi connectivity index (χ4v) is 2.99. The predicted octanol–water partition coefficient (Wildman–Crippen LogP) is 1.56. The van der Waals surface area contributed by atoms with E-state index in [1.165, 1.54) is 11.3 Å². The lowest BCUT2D eigenvalue weighted by Gasteiger charge is -2.32.